The minimum absolute atomic E-state index is 0.146. The second-order valence-corrected chi connectivity index (χ2v) is 4.43. The lowest BCUT2D eigenvalue weighted by Crippen LogP contribution is -2.09. The number of rotatable bonds is 6. The van der Waals surface area contributed by atoms with Gasteiger partial charge in [-0.1, -0.05) is 36.4 Å². The third-order valence-corrected chi connectivity index (χ3v) is 2.90. The van der Waals surface area contributed by atoms with Crippen molar-refractivity contribution in [2.75, 3.05) is 5.32 Å². The molecule has 0 amide bonds. The lowest BCUT2D eigenvalue weighted by atomic mass is 10.2. The maximum absolute atomic E-state index is 10.9. The fraction of sp³-hybridized carbons (Fsp3) is 0.118. The van der Waals surface area contributed by atoms with Crippen molar-refractivity contribution in [3.8, 4) is 5.75 Å². The zero-order valence-electron chi connectivity index (χ0n) is 11.7. The van der Waals surface area contributed by atoms with Gasteiger partial charge in [0, 0.05) is 5.69 Å². The molecular formula is C17H17NO3. The number of benzene rings is 2. The van der Waals surface area contributed by atoms with Gasteiger partial charge >= 0.3 is 5.97 Å². The third-order valence-electron chi connectivity index (χ3n) is 2.90. The van der Waals surface area contributed by atoms with Crippen molar-refractivity contribution in [3.05, 3.63) is 71.9 Å². The van der Waals surface area contributed by atoms with Crippen molar-refractivity contribution in [3.63, 3.8) is 0 Å². The molecule has 0 aromatic heterocycles. The van der Waals surface area contributed by atoms with Gasteiger partial charge in [-0.2, -0.15) is 0 Å². The zero-order valence-corrected chi connectivity index (χ0v) is 11.7. The molecule has 0 heterocycles. The number of carboxylic acids is 1. The van der Waals surface area contributed by atoms with Crippen molar-refractivity contribution < 1.29 is 14.6 Å². The van der Waals surface area contributed by atoms with Gasteiger partial charge in [-0.3, -0.25) is 0 Å². The molecule has 2 N–H and O–H groups in total. The highest BCUT2D eigenvalue weighted by Crippen LogP contribution is 2.18. The van der Waals surface area contributed by atoms with Gasteiger partial charge in [-0.05, 0) is 36.8 Å². The lowest BCUT2D eigenvalue weighted by Gasteiger charge is -2.09. The van der Waals surface area contributed by atoms with E-state index in [2.05, 4.69) is 5.32 Å². The van der Waals surface area contributed by atoms with E-state index in [4.69, 9.17) is 9.84 Å². The van der Waals surface area contributed by atoms with E-state index in [1.165, 1.54) is 6.08 Å². The highest BCUT2D eigenvalue weighted by atomic mass is 16.5. The van der Waals surface area contributed by atoms with Crippen molar-refractivity contribution >= 4 is 11.7 Å². The third kappa shape index (κ3) is 4.38. The molecule has 0 spiro atoms. The summed E-state index contributed by atoms with van der Waals surface area (Å²) >= 11 is 0. The Bertz CT molecular complexity index is 618. The number of carboxylic acid groups (broad SMARTS) is 1. The Balaban J connectivity index is 1.94. The largest absolute Gasteiger partial charge is 0.489 e. The molecule has 2 rings (SSSR count). The Kier molecular flexibility index (Phi) is 4.99. The molecule has 0 aliphatic rings. The van der Waals surface area contributed by atoms with Crippen LogP contribution in [0.4, 0.5) is 5.69 Å². The van der Waals surface area contributed by atoms with Gasteiger partial charge in [0.1, 0.15) is 18.1 Å². The molecule has 21 heavy (non-hydrogen) atoms. The summed E-state index contributed by atoms with van der Waals surface area (Å²) in [5, 5.41) is 11.8. The van der Waals surface area contributed by atoms with E-state index in [0.717, 1.165) is 11.3 Å². The summed E-state index contributed by atoms with van der Waals surface area (Å²) in [7, 11) is 0. The Morgan fingerprint density at radius 3 is 2.38 bits per heavy atom. The van der Waals surface area contributed by atoms with Crippen LogP contribution in [0.3, 0.4) is 0 Å². The summed E-state index contributed by atoms with van der Waals surface area (Å²) in [6, 6.07) is 17.1. The molecule has 4 nitrogen and oxygen atoms in total. The fourth-order valence-electron chi connectivity index (χ4n) is 1.78. The number of hydrogen-bond acceptors (Lipinski definition) is 3. The molecule has 0 radical (unpaired) electrons. The van der Waals surface area contributed by atoms with Crippen LogP contribution in [-0.4, -0.2) is 11.1 Å². The van der Waals surface area contributed by atoms with Crippen molar-refractivity contribution in [1.82, 2.24) is 0 Å². The van der Waals surface area contributed by atoms with Crippen LogP contribution in [0.15, 0.2) is 66.4 Å². The van der Waals surface area contributed by atoms with E-state index in [1.807, 2.05) is 30.3 Å². The Labute approximate surface area is 123 Å². The smallest absolute Gasteiger partial charge is 0.351 e. The molecule has 2 aromatic carbocycles. The monoisotopic (exact) mass is 283 g/mol. The molecule has 0 saturated carbocycles. The van der Waals surface area contributed by atoms with Crippen LogP contribution in [-0.2, 0) is 11.4 Å². The predicted octanol–water partition coefficient (Wildman–Crippen LogP) is 3.67. The van der Waals surface area contributed by atoms with Gasteiger partial charge in [-0.15, -0.1) is 0 Å². The molecule has 0 aliphatic heterocycles. The van der Waals surface area contributed by atoms with E-state index >= 15 is 0 Å². The highest BCUT2D eigenvalue weighted by Gasteiger charge is 2.05. The summed E-state index contributed by atoms with van der Waals surface area (Å²) < 4.78 is 5.67. The average molecular weight is 283 g/mol. The summed E-state index contributed by atoms with van der Waals surface area (Å²) in [6.45, 7) is 2.18. The predicted molar refractivity (Wildman–Crippen MR) is 82.2 cm³/mol. The van der Waals surface area contributed by atoms with Crippen LogP contribution >= 0.6 is 0 Å². The number of carbonyl (C=O) groups is 1. The Morgan fingerprint density at radius 1 is 1.14 bits per heavy atom. The lowest BCUT2D eigenvalue weighted by molar-refractivity contribution is -0.132. The van der Waals surface area contributed by atoms with E-state index in [0.29, 0.717) is 12.3 Å². The van der Waals surface area contributed by atoms with Gasteiger partial charge in [0.05, 0.1) is 0 Å². The Morgan fingerprint density at radius 2 is 1.81 bits per heavy atom. The normalized spacial score (nSPS) is 11.0. The molecule has 0 unspecified atom stereocenters. The molecular weight excluding hydrogens is 266 g/mol. The maximum atomic E-state index is 10.9. The van der Waals surface area contributed by atoms with E-state index < -0.39 is 5.97 Å². The summed E-state index contributed by atoms with van der Waals surface area (Å²) in [4.78, 5) is 10.9. The standard InChI is InChI=1S/C17H17NO3/c1-2-16(17(19)20)18-14-8-10-15(11-9-14)21-12-13-6-4-3-5-7-13/h2-11,18H,12H2,1H3,(H,19,20). The van der Waals surface area contributed by atoms with Gasteiger partial charge in [-0.25, -0.2) is 4.79 Å². The summed E-state index contributed by atoms with van der Waals surface area (Å²) in [5.41, 5.74) is 1.95. The molecule has 0 aliphatic carbocycles. The molecule has 4 heteroatoms. The second-order valence-electron chi connectivity index (χ2n) is 4.43. The van der Waals surface area contributed by atoms with E-state index in [-0.39, 0.29) is 5.70 Å². The first-order valence-electron chi connectivity index (χ1n) is 6.62. The minimum Gasteiger partial charge on any atom is -0.489 e. The summed E-state index contributed by atoms with van der Waals surface area (Å²) in [5.74, 6) is -0.247. The number of ether oxygens (including phenoxy) is 1. The van der Waals surface area contributed by atoms with Crippen LogP contribution in [0, 0.1) is 0 Å². The molecule has 2 aromatic rings. The number of nitrogens with one attached hydrogen (secondary N) is 1. The molecule has 0 saturated heterocycles. The highest BCUT2D eigenvalue weighted by molar-refractivity contribution is 5.90. The topological polar surface area (TPSA) is 58.6 Å². The first-order chi connectivity index (χ1) is 10.2. The van der Waals surface area contributed by atoms with Crippen molar-refractivity contribution in [1.29, 1.82) is 0 Å². The number of aliphatic carboxylic acids is 1. The Hall–Kier alpha value is -2.75. The van der Waals surface area contributed by atoms with Gasteiger partial charge < -0.3 is 15.2 Å². The zero-order chi connectivity index (χ0) is 15.1. The fourth-order valence-corrected chi connectivity index (χ4v) is 1.78. The van der Waals surface area contributed by atoms with Gasteiger partial charge in [0.2, 0.25) is 0 Å². The molecule has 0 atom stereocenters. The first kappa shape index (κ1) is 14.7. The minimum atomic E-state index is -0.984. The average Bonchev–Trinajstić information content (AvgIpc) is 2.52. The quantitative estimate of drug-likeness (QED) is 0.794. The van der Waals surface area contributed by atoms with Crippen molar-refractivity contribution in [2.24, 2.45) is 0 Å². The SMILES string of the molecule is CC=C(Nc1ccc(OCc2ccccc2)cc1)C(=O)O. The first-order valence-corrected chi connectivity index (χ1v) is 6.62. The van der Waals surface area contributed by atoms with Crippen LogP contribution < -0.4 is 10.1 Å². The second kappa shape index (κ2) is 7.14. The van der Waals surface area contributed by atoms with Crippen LogP contribution in [0.2, 0.25) is 0 Å². The molecule has 108 valence electrons. The van der Waals surface area contributed by atoms with Gasteiger partial charge in [0.15, 0.2) is 0 Å². The van der Waals surface area contributed by atoms with Crippen molar-refractivity contribution in [2.45, 2.75) is 13.5 Å². The number of anilines is 1. The number of hydrogen-bond donors (Lipinski definition) is 2. The van der Waals surface area contributed by atoms with Crippen LogP contribution in [0.1, 0.15) is 12.5 Å². The van der Waals surface area contributed by atoms with Crippen LogP contribution in [0.25, 0.3) is 0 Å². The number of allylic oxidation sites excluding steroid dienone is 1. The summed E-state index contributed by atoms with van der Waals surface area (Å²) in [6.07, 6.45) is 1.52. The van der Waals surface area contributed by atoms with E-state index in [9.17, 15) is 4.79 Å². The van der Waals surface area contributed by atoms with E-state index in [1.54, 1.807) is 31.2 Å². The van der Waals surface area contributed by atoms with Gasteiger partial charge in [0.25, 0.3) is 0 Å². The maximum Gasteiger partial charge on any atom is 0.351 e. The van der Waals surface area contributed by atoms with Crippen LogP contribution in [0.5, 0.6) is 5.75 Å². The molecule has 0 fully saturated rings. The molecule has 0 bridgehead atoms.